The predicted octanol–water partition coefficient (Wildman–Crippen LogP) is 4.41. The van der Waals surface area contributed by atoms with Crippen LogP contribution in [0.1, 0.15) is 18.2 Å². The Morgan fingerprint density at radius 2 is 2.16 bits per heavy atom. The molecule has 1 fully saturated rings. The van der Waals surface area contributed by atoms with Crippen LogP contribution >= 0.6 is 27.5 Å². The van der Waals surface area contributed by atoms with Gasteiger partial charge in [0.1, 0.15) is 5.82 Å². The topological polar surface area (TPSA) is 72.4 Å². The Morgan fingerprint density at radius 1 is 1.32 bits per heavy atom. The standard InChI is InChI=1S/C16H10BrClFN3O3/c17-13-4-3-12(24-13)16-20-15(21-25-16)8-5-14(23)22(7-8)11-6-9(19)1-2-10(11)18/h1-4,6,8H,5,7H2. The summed E-state index contributed by atoms with van der Waals surface area (Å²) in [7, 11) is 0. The van der Waals surface area contributed by atoms with Crippen molar-refractivity contribution in [2.75, 3.05) is 11.4 Å². The zero-order chi connectivity index (χ0) is 17.6. The Kier molecular flexibility index (Phi) is 4.09. The van der Waals surface area contributed by atoms with Crippen molar-refractivity contribution in [2.45, 2.75) is 12.3 Å². The third kappa shape index (κ3) is 3.07. The third-order valence-electron chi connectivity index (χ3n) is 3.91. The molecule has 1 amide bonds. The number of benzene rings is 1. The first kappa shape index (κ1) is 16.3. The molecule has 1 saturated heterocycles. The molecule has 128 valence electrons. The quantitative estimate of drug-likeness (QED) is 0.620. The van der Waals surface area contributed by atoms with Crippen molar-refractivity contribution in [3.8, 4) is 11.7 Å². The van der Waals surface area contributed by atoms with Gasteiger partial charge in [0.15, 0.2) is 16.3 Å². The maximum atomic E-state index is 13.5. The zero-order valence-electron chi connectivity index (χ0n) is 12.6. The highest BCUT2D eigenvalue weighted by molar-refractivity contribution is 9.10. The molecule has 0 saturated carbocycles. The van der Waals surface area contributed by atoms with E-state index >= 15 is 0 Å². The number of halogens is 3. The number of nitrogens with zero attached hydrogens (tertiary/aromatic N) is 3. The lowest BCUT2D eigenvalue weighted by atomic mass is 10.1. The molecular weight excluding hydrogens is 417 g/mol. The number of anilines is 1. The maximum Gasteiger partial charge on any atom is 0.293 e. The van der Waals surface area contributed by atoms with Gasteiger partial charge in [0, 0.05) is 18.9 Å². The number of amides is 1. The van der Waals surface area contributed by atoms with Crippen LogP contribution in [-0.2, 0) is 4.79 Å². The molecule has 6 nitrogen and oxygen atoms in total. The minimum Gasteiger partial charge on any atom is -0.444 e. The van der Waals surface area contributed by atoms with Gasteiger partial charge in [-0.15, -0.1) is 0 Å². The second-order valence-electron chi connectivity index (χ2n) is 5.56. The molecular formula is C16H10BrClFN3O3. The minimum absolute atomic E-state index is 0.176. The monoisotopic (exact) mass is 425 g/mol. The van der Waals surface area contributed by atoms with Crippen molar-refractivity contribution >= 4 is 39.1 Å². The summed E-state index contributed by atoms with van der Waals surface area (Å²) in [6.07, 6.45) is 0.188. The fourth-order valence-electron chi connectivity index (χ4n) is 2.74. The number of rotatable bonds is 3. The van der Waals surface area contributed by atoms with Crippen LogP contribution in [0.15, 0.2) is 43.9 Å². The second-order valence-corrected chi connectivity index (χ2v) is 6.75. The van der Waals surface area contributed by atoms with Crippen LogP contribution in [0.25, 0.3) is 11.7 Å². The number of aromatic nitrogens is 2. The highest BCUT2D eigenvalue weighted by Crippen LogP contribution is 2.35. The summed E-state index contributed by atoms with van der Waals surface area (Å²) in [6.45, 7) is 0.294. The number of furan rings is 1. The summed E-state index contributed by atoms with van der Waals surface area (Å²) in [5.41, 5.74) is 0.341. The SMILES string of the molecule is O=C1CC(c2noc(-c3ccc(Br)o3)n2)CN1c1cc(F)ccc1Cl. The lowest BCUT2D eigenvalue weighted by Gasteiger charge is -2.17. The van der Waals surface area contributed by atoms with E-state index in [2.05, 4.69) is 26.1 Å². The van der Waals surface area contributed by atoms with Gasteiger partial charge in [0.05, 0.1) is 10.7 Å². The first-order valence-corrected chi connectivity index (χ1v) is 8.53. The molecule has 1 unspecified atom stereocenters. The molecule has 1 atom stereocenters. The number of hydrogen-bond donors (Lipinski definition) is 0. The molecule has 25 heavy (non-hydrogen) atoms. The van der Waals surface area contributed by atoms with Gasteiger partial charge in [-0.2, -0.15) is 4.98 Å². The van der Waals surface area contributed by atoms with E-state index in [0.29, 0.717) is 33.5 Å². The summed E-state index contributed by atoms with van der Waals surface area (Å²) >= 11 is 9.30. The molecule has 2 aromatic heterocycles. The van der Waals surface area contributed by atoms with Gasteiger partial charge < -0.3 is 13.8 Å². The highest BCUT2D eigenvalue weighted by Gasteiger charge is 2.35. The van der Waals surface area contributed by atoms with Crippen molar-refractivity contribution in [3.05, 3.63) is 51.7 Å². The summed E-state index contributed by atoms with van der Waals surface area (Å²) in [5, 5.41) is 4.25. The maximum absolute atomic E-state index is 13.5. The Hall–Kier alpha value is -2.19. The summed E-state index contributed by atoms with van der Waals surface area (Å²) in [6, 6.07) is 7.32. The van der Waals surface area contributed by atoms with Gasteiger partial charge in [-0.05, 0) is 46.3 Å². The molecule has 0 aliphatic carbocycles. The molecule has 0 spiro atoms. The fourth-order valence-corrected chi connectivity index (χ4v) is 3.26. The van der Waals surface area contributed by atoms with E-state index in [-0.39, 0.29) is 24.1 Å². The van der Waals surface area contributed by atoms with Crippen LogP contribution in [0.2, 0.25) is 5.02 Å². The van der Waals surface area contributed by atoms with Gasteiger partial charge >= 0.3 is 0 Å². The van der Waals surface area contributed by atoms with Crippen molar-refractivity contribution in [1.29, 1.82) is 0 Å². The summed E-state index contributed by atoms with van der Waals surface area (Å²) in [4.78, 5) is 18.1. The lowest BCUT2D eigenvalue weighted by Crippen LogP contribution is -2.24. The lowest BCUT2D eigenvalue weighted by molar-refractivity contribution is -0.117. The third-order valence-corrected chi connectivity index (χ3v) is 4.66. The fraction of sp³-hybridized carbons (Fsp3) is 0.188. The van der Waals surface area contributed by atoms with Crippen LogP contribution in [0.5, 0.6) is 0 Å². The molecule has 0 bridgehead atoms. The smallest absolute Gasteiger partial charge is 0.293 e. The van der Waals surface area contributed by atoms with Crippen LogP contribution in [0.3, 0.4) is 0 Å². The average molecular weight is 427 g/mol. The number of carbonyl (C=O) groups is 1. The van der Waals surface area contributed by atoms with Crippen LogP contribution in [0.4, 0.5) is 10.1 Å². The van der Waals surface area contributed by atoms with E-state index in [9.17, 15) is 9.18 Å². The van der Waals surface area contributed by atoms with Crippen LogP contribution < -0.4 is 4.90 Å². The van der Waals surface area contributed by atoms with E-state index in [1.54, 1.807) is 12.1 Å². The average Bonchev–Trinajstić information content (AvgIpc) is 3.29. The molecule has 1 aromatic carbocycles. The highest BCUT2D eigenvalue weighted by atomic mass is 79.9. The molecule has 3 heterocycles. The Bertz CT molecular complexity index is 958. The van der Waals surface area contributed by atoms with Gasteiger partial charge in [0.2, 0.25) is 5.91 Å². The van der Waals surface area contributed by atoms with Crippen molar-refractivity contribution in [3.63, 3.8) is 0 Å². The minimum atomic E-state index is -0.458. The van der Waals surface area contributed by atoms with Crippen LogP contribution in [0, 0.1) is 5.82 Å². The van der Waals surface area contributed by atoms with E-state index in [0.717, 1.165) is 0 Å². The van der Waals surface area contributed by atoms with E-state index in [4.69, 9.17) is 20.5 Å². The molecule has 3 aromatic rings. The molecule has 4 rings (SSSR count). The Balaban J connectivity index is 1.58. The summed E-state index contributed by atoms with van der Waals surface area (Å²) < 4.78 is 24.6. The Morgan fingerprint density at radius 3 is 2.92 bits per heavy atom. The molecule has 9 heteroatoms. The van der Waals surface area contributed by atoms with Crippen molar-refractivity contribution < 1.29 is 18.1 Å². The van der Waals surface area contributed by atoms with Gasteiger partial charge in [-0.25, -0.2) is 4.39 Å². The van der Waals surface area contributed by atoms with Crippen molar-refractivity contribution in [2.24, 2.45) is 0 Å². The number of carbonyl (C=O) groups excluding carboxylic acids is 1. The van der Waals surface area contributed by atoms with Gasteiger partial charge in [0.25, 0.3) is 5.89 Å². The first-order chi connectivity index (χ1) is 12.0. The molecule has 1 aliphatic rings. The van der Waals surface area contributed by atoms with E-state index in [1.807, 2.05) is 0 Å². The predicted molar refractivity (Wildman–Crippen MR) is 90.8 cm³/mol. The normalized spacial score (nSPS) is 17.5. The largest absolute Gasteiger partial charge is 0.444 e. The first-order valence-electron chi connectivity index (χ1n) is 7.36. The number of hydrogen-bond acceptors (Lipinski definition) is 5. The van der Waals surface area contributed by atoms with E-state index < -0.39 is 5.82 Å². The van der Waals surface area contributed by atoms with Crippen molar-refractivity contribution in [1.82, 2.24) is 10.1 Å². The summed E-state index contributed by atoms with van der Waals surface area (Å²) in [5.74, 6) is 0.148. The van der Waals surface area contributed by atoms with Gasteiger partial charge in [-0.1, -0.05) is 16.8 Å². The van der Waals surface area contributed by atoms with Gasteiger partial charge in [-0.3, -0.25) is 4.79 Å². The Labute approximate surface area is 154 Å². The molecule has 0 N–H and O–H groups in total. The van der Waals surface area contributed by atoms with Crippen LogP contribution in [-0.4, -0.2) is 22.6 Å². The molecule has 0 radical (unpaired) electrons. The van der Waals surface area contributed by atoms with E-state index in [1.165, 1.54) is 23.1 Å². The zero-order valence-corrected chi connectivity index (χ0v) is 14.9. The second kappa shape index (κ2) is 6.27. The molecule has 1 aliphatic heterocycles.